The van der Waals surface area contributed by atoms with Gasteiger partial charge in [-0.2, -0.15) is 0 Å². The van der Waals surface area contributed by atoms with Gasteiger partial charge in [-0.15, -0.1) is 0 Å². The van der Waals surface area contributed by atoms with E-state index in [1.165, 1.54) is 23.1 Å². The molecule has 0 bridgehead atoms. The lowest BCUT2D eigenvalue weighted by atomic mass is 10.0. The second kappa shape index (κ2) is 12.7. The van der Waals surface area contributed by atoms with Crippen molar-refractivity contribution in [2.75, 3.05) is 6.61 Å². The van der Waals surface area contributed by atoms with Gasteiger partial charge in [-0.3, -0.25) is 0 Å². The fraction of sp³-hybridized carbons (Fsp3) is 0.700. The van der Waals surface area contributed by atoms with Crippen LogP contribution >= 0.6 is 0 Å². The minimum absolute atomic E-state index is 0.620. The summed E-state index contributed by atoms with van der Waals surface area (Å²) in [6.45, 7) is 13.4. The summed E-state index contributed by atoms with van der Waals surface area (Å²) in [5, 5.41) is 9.87. The Morgan fingerprint density at radius 3 is 2.14 bits per heavy atom. The SMILES string of the molecule is CC(C)=CCC/C(C)=C/C(O)OCCC(C)CCC=C(C)C. The first-order valence-corrected chi connectivity index (χ1v) is 8.55. The Labute approximate surface area is 138 Å². The molecule has 0 amide bonds. The van der Waals surface area contributed by atoms with Crippen molar-refractivity contribution in [1.82, 2.24) is 0 Å². The lowest BCUT2D eigenvalue weighted by Gasteiger charge is -2.13. The van der Waals surface area contributed by atoms with Gasteiger partial charge in [0.25, 0.3) is 0 Å². The molecular weight excluding hydrogens is 272 g/mol. The Hall–Kier alpha value is -0.860. The summed E-state index contributed by atoms with van der Waals surface area (Å²) >= 11 is 0. The molecule has 0 aliphatic heterocycles. The van der Waals surface area contributed by atoms with Gasteiger partial charge >= 0.3 is 0 Å². The van der Waals surface area contributed by atoms with E-state index in [1.54, 1.807) is 0 Å². The summed E-state index contributed by atoms with van der Waals surface area (Å²) in [5.74, 6) is 0.630. The molecule has 0 saturated carbocycles. The first-order valence-electron chi connectivity index (χ1n) is 8.55. The molecule has 2 unspecified atom stereocenters. The highest BCUT2D eigenvalue weighted by Gasteiger charge is 2.05. The third kappa shape index (κ3) is 14.1. The van der Waals surface area contributed by atoms with Gasteiger partial charge in [0, 0.05) is 0 Å². The molecule has 0 aromatic carbocycles. The molecule has 0 spiro atoms. The van der Waals surface area contributed by atoms with Crippen molar-refractivity contribution in [2.45, 2.75) is 79.9 Å². The van der Waals surface area contributed by atoms with E-state index in [0.717, 1.165) is 25.7 Å². The van der Waals surface area contributed by atoms with Crippen LogP contribution < -0.4 is 0 Å². The topological polar surface area (TPSA) is 29.5 Å². The lowest BCUT2D eigenvalue weighted by molar-refractivity contribution is -0.0679. The van der Waals surface area contributed by atoms with Crippen LogP contribution in [0.5, 0.6) is 0 Å². The predicted molar refractivity (Wildman–Crippen MR) is 96.8 cm³/mol. The van der Waals surface area contributed by atoms with E-state index in [1.807, 2.05) is 13.0 Å². The lowest BCUT2D eigenvalue weighted by Crippen LogP contribution is -2.12. The van der Waals surface area contributed by atoms with E-state index in [-0.39, 0.29) is 0 Å². The van der Waals surface area contributed by atoms with Gasteiger partial charge in [0.05, 0.1) is 6.61 Å². The number of allylic oxidation sites excluding steroid dienone is 5. The predicted octanol–water partition coefficient (Wildman–Crippen LogP) is 5.79. The highest BCUT2D eigenvalue weighted by Crippen LogP contribution is 2.13. The van der Waals surface area contributed by atoms with Gasteiger partial charge in [0.15, 0.2) is 6.29 Å². The maximum atomic E-state index is 9.87. The summed E-state index contributed by atoms with van der Waals surface area (Å²) in [4.78, 5) is 0. The highest BCUT2D eigenvalue weighted by molar-refractivity contribution is 5.03. The van der Waals surface area contributed by atoms with Crippen LogP contribution in [0.2, 0.25) is 0 Å². The molecule has 0 aromatic heterocycles. The molecule has 0 radical (unpaired) electrons. The molecule has 0 fully saturated rings. The number of hydrogen-bond acceptors (Lipinski definition) is 2. The van der Waals surface area contributed by atoms with E-state index in [0.29, 0.717) is 12.5 Å². The minimum Gasteiger partial charge on any atom is -0.365 e. The zero-order chi connectivity index (χ0) is 17.0. The summed E-state index contributed by atoms with van der Waals surface area (Å²) in [7, 11) is 0. The maximum absolute atomic E-state index is 9.87. The first kappa shape index (κ1) is 21.1. The van der Waals surface area contributed by atoms with Crippen LogP contribution in [-0.4, -0.2) is 18.0 Å². The van der Waals surface area contributed by atoms with Crippen molar-refractivity contribution in [2.24, 2.45) is 5.92 Å². The Morgan fingerprint density at radius 1 is 0.955 bits per heavy atom. The van der Waals surface area contributed by atoms with Crippen molar-refractivity contribution in [3.8, 4) is 0 Å². The van der Waals surface area contributed by atoms with E-state index in [4.69, 9.17) is 4.74 Å². The van der Waals surface area contributed by atoms with Gasteiger partial charge < -0.3 is 9.84 Å². The summed E-state index contributed by atoms with van der Waals surface area (Å²) < 4.78 is 5.49. The molecule has 0 aliphatic carbocycles. The van der Waals surface area contributed by atoms with Gasteiger partial charge in [0.1, 0.15) is 0 Å². The molecule has 1 N–H and O–H groups in total. The minimum atomic E-state index is -0.767. The number of rotatable bonds is 11. The third-order valence-electron chi connectivity index (χ3n) is 3.63. The summed E-state index contributed by atoms with van der Waals surface area (Å²) in [6, 6.07) is 0. The average Bonchev–Trinajstić information content (AvgIpc) is 2.37. The van der Waals surface area contributed by atoms with Crippen LogP contribution in [0.4, 0.5) is 0 Å². The molecule has 0 aliphatic rings. The molecule has 2 nitrogen and oxygen atoms in total. The smallest absolute Gasteiger partial charge is 0.174 e. The highest BCUT2D eigenvalue weighted by atomic mass is 16.6. The second-order valence-corrected chi connectivity index (χ2v) is 6.85. The molecule has 128 valence electrons. The van der Waals surface area contributed by atoms with Gasteiger partial charge in [-0.1, -0.05) is 35.8 Å². The van der Waals surface area contributed by atoms with Crippen LogP contribution in [0.1, 0.15) is 73.6 Å². The van der Waals surface area contributed by atoms with Crippen LogP contribution in [0.15, 0.2) is 34.9 Å². The Morgan fingerprint density at radius 2 is 1.55 bits per heavy atom. The number of ether oxygens (including phenoxy) is 1. The van der Waals surface area contributed by atoms with Crippen LogP contribution in [0.25, 0.3) is 0 Å². The summed E-state index contributed by atoms with van der Waals surface area (Å²) in [6.07, 6.45) is 10.9. The maximum Gasteiger partial charge on any atom is 0.174 e. The normalized spacial score (nSPS) is 14.4. The third-order valence-corrected chi connectivity index (χ3v) is 3.63. The molecular formula is C20H36O2. The number of aliphatic hydroxyl groups excluding tert-OH is 1. The zero-order valence-electron chi connectivity index (χ0n) is 15.5. The standard InChI is InChI=1S/C20H36O2/c1-16(2)9-7-11-18(5)13-14-22-20(21)15-19(6)12-8-10-17(3)4/h9-10,15,18,20-21H,7-8,11-14H2,1-6H3/b19-15+. The van der Waals surface area contributed by atoms with Crippen molar-refractivity contribution in [1.29, 1.82) is 0 Å². The molecule has 0 heterocycles. The monoisotopic (exact) mass is 308 g/mol. The van der Waals surface area contributed by atoms with Crippen LogP contribution in [0, 0.1) is 5.92 Å². The molecule has 0 aromatic rings. The Bertz CT molecular complexity index is 369. The van der Waals surface area contributed by atoms with Crippen molar-refractivity contribution in [3.63, 3.8) is 0 Å². The summed E-state index contributed by atoms with van der Waals surface area (Å²) in [5.41, 5.74) is 3.90. The van der Waals surface area contributed by atoms with E-state index >= 15 is 0 Å². The van der Waals surface area contributed by atoms with Crippen LogP contribution in [0.3, 0.4) is 0 Å². The van der Waals surface area contributed by atoms with Gasteiger partial charge in [0.2, 0.25) is 0 Å². The van der Waals surface area contributed by atoms with E-state index < -0.39 is 6.29 Å². The Balaban J connectivity index is 3.85. The fourth-order valence-electron chi connectivity index (χ4n) is 2.15. The molecule has 0 saturated heterocycles. The number of hydrogen-bond donors (Lipinski definition) is 1. The van der Waals surface area contributed by atoms with E-state index in [9.17, 15) is 5.11 Å². The first-order chi connectivity index (χ1) is 10.3. The molecule has 2 heteroatoms. The molecule has 0 rings (SSSR count). The Kier molecular flexibility index (Phi) is 12.2. The van der Waals surface area contributed by atoms with Crippen molar-refractivity contribution >= 4 is 0 Å². The van der Waals surface area contributed by atoms with Crippen molar-refractivity contribution < 1.29 is 9.84 Å². The van der Waals surface area contributed by atoms with Crippen molar-refractivity contribution in [3.05, 3.63) is 34.9 Å². The quantitative estimate of drug-likeness (QED) is 0.387. The molecule has 22 heavy (non-hydrogen) atoms. The largest absolute Gasteiger partial charge is 0.365 e. The fourth-order valence-corrected chi connectivity index (χ4v) is 2.15. The average molecular weight is 309 g/mol. The zero-order valence-corrected chi connectivity index (χ0v) is 15.5. The van der Waals surface area contributed by atoms with Gasteiger partial charge in [-0.05, 0) is 78.7 Å². The van der Waals surface area contributed by atoms with Crippen LogP contribution in [-0.2, 0) is 4.74 Å². The van der Waals surface area contributed by atoms with Gasteiger partial charge in [-0.25, -0.2) is 0 Å². The van der Waals surface area contributed by atoms with E-state index in [2.05, 4.69) is 46.8 Å². The number of aliphatic hydroxyl groups is 1. The molecule has 2 atom stereocenters. The second-order valence-electron chi connectivity index (χ2n) is 6.85.